The Morgan fingerprint density at radius 2 is 2.17 bits per heavy atom. The van der Waals surface area contributed by atoms with Gasteiger partial charge >= 0.3 is 7.12 Å². The van der Waals surface area contributed by atoms with Crippen molar-refractivity contribution in [3.8, 4) is 0 Å². The maximum Gasteiger partial charge on any atom is 0.488 e. The quantitative estimate of drug-likeness (QED) is 0.646. The summed E-state index contributed by atoms with van der Waals surface area (Å²) in [5.41, 5.74) is 0.829. The average Bonchev–Trinajstić information content (AvgIpc) is 2.72. The first kappa shape index (κ1) is 13.5. The molecule has 1 aromatic heterocycles. The molecule has 0 fully saturated rings. The molecule has 0 aliphatic carbocycles. The van der Waals surface area contributed by atoms with Crippen LogP contribution in [0.2, 0.25) is 0 Å². The summed E-state index contributed by atoms with van der Waals surface area (Å²) in [5.74, 6) is 0.740. The van der Waals surface area contributed by atoms with Crippen LogP contribution in [-0.2, 0) is 5.75 Å². The zero-order chi connectivity index (χ0) is 13.1. The Morgan fingerprint density at radius 1 is 1.39 bits per heavy atom. The van der Waals surface area contributed by atoms with E-state index in [2.05, 4.69) is 9.36 Å². The van der Waals surface area contributed by atoms with Crippen LogP contribution in [0.15, 0.2) is 22.5 Å². The van der Waals surface area contributed by atoms with Crippen molar-refractivity contribution < 1.29 is 14.4 Å². The summed E-state index contributed by atoms with van der Waals surface area (Å²) in [6.45, 7) is 1.81. The summed E-state index contributed by atoms with van der Waals surface area (Å²) in [7, 11) is -1.66. The first-order valence-electron chi connectivity index (χ1n) is 5.13. The largest absolute Gasteiger partial charge is 0.488 e. The van der Waals surface area contributed by atoms with Crippen LogP contribution in [-0.4, -0.2) is 26.5 Å². The molecule has 0 unspecified atom stereocenters. The highest BCUT2D eigenvalue weighted by molar-refractivity contribution is 8.00. The summed E-state index contributed by atoms with van der Waals surface area (Å²) < 4.78 is 18.1. The van der Waals surface area contributed by atoms with Crippen LogP contribution in [0, 0.1) is 12.7 Å². The molecule has 94 valence electrons. The SMILES string of the molecule is Cc1nsc(SCc2cc(F)cc(B(O)O)c2)n1. The van der Waals surface area contributed by atoms with Gasteiger partial charge in [0.1, 0.15) is 11.6 Å². The Kier molecular flexibility index (Phi) is 4.33. The van der Waals surface area contributed by atoms with Crippen molar-refractivity contribution in [3.63, 3.8) is 0 Å². The summed E-state index contributed by atoms with van der Waals surface area (Å²) in [4.78, 5) is 4.18. The van der Waals surface area contributed by atoms with Gasteiger partial charge in [0.25, 0.3) is 0 Å². The maximum atomic E-state index is 13.3. The van der Waals surface area contributed by atoms with Crippen LogP contribution in [0.5, 0.6) is 0 Å². The van der Waals surface area contributed by atoms with Gasteiger partial charge in [0, 0.05) is 5.75 Å². The fourth-order valence-electron chi connectivity index (χ4n) is 1.39. The molecular weight excluding hydrogens is 274 g/mol. The zero-order valence-electron chi connectivity index (χ0n) is 9.50. The van der Waals surface area contributed by atoms with E-state index in [0.29, 0.717) is 17.1 Å². The molecule has 18 heavy (non-hydrogen) atoms. The lowest BCUT2D eigenvalue weighted by Crippen LogP contribution is -2.30. The van der Waals surface area contributed by atoms with Gasteiger partial charge in [-0.2, -0.15) is 4.37 Å². The number of halogens is 1. The number of rotatable bonds is 4. The molecule has 1 aromatic carbocycles. The van der Waals surface area contributed by atoms with Crippen molar-refractivity contribution in [1.29, 1.82) is 0 Å². The molecule has 0 saturated carbocycles. The average molecular weight is 284 g/mol. The number of nitrogens with zero attached hydrogens (tertiary/aromatic N) is 2. The van der Waals surface area contributed by atoms with E-state index in [-0.39, 0.29) is 5.46 Å². The van der Waals surface area contributed by atoms with Crippen LogP contribution in [0.4, 0.5) is 4.39 Å². The Hall–Kier alpha value is -0.955. The second-order valence-corrected chi connectivity index (χ2v) is 5.64. The molecule has 8 heteroatoms. The van der Waals surface area contributed by atoms with Gasteiger partial charge in [-0.3, -0.25) is 0 Å². The maximum absolute atomic E-state index is 13.3. The number of thioether (sulfide) groups is 1. The molecule has 2 aromatic rings. The lowest BCUT2D eigenvalue weighted by Gasteiger charge is -2.04. The molecule has 0 radical (unpaired) electrons. The van der Waals surface area contributed by atoms with Gasteiger partial charge in [-0.1, -0.05) is 17.8 Å². The molecule has 0 atom stereocenters. The minimum Gasteiger partial charge on any atom is -0.423 e. The van der Waals surface area contributed by atoms with Crippen LogP contribution in [0.1, 0.15) is 11.4 Å². The first-order valence-corrected chi connectivity index (χ1v) is 6.89. The molecule has 2 N–H and O–H groups in total. The summed E-state index contributed by atoms with van der Waals surface area (Å²) in [6.07, 6.45) is 0. The van der Waals surface area contributed by atoms with E-state index in [4.69, 9.17) is 10.0 Å². The number of aromatic nitrogens is 2. The van der Waals surface area contributed by atoms with Gasteiger partial charge in [-0.25, -0.2) is 9.37 Å². The Morgan fingerprint density at radius 3 is 2.78 bits per heavy atom. The highest BCUT2D eigenvalue weighted by Gasteiger charge is 2.13. The van der Waals surface area contributed by atoms with Crippen molar-refractivity contribution >= 4 is 35.9 Å². The van der Waals surface area contributed by atoms with Crippen molar-refractivity contribution in [2.45, 2.75) is 17.0 Å². The van der Waals surface area contributed by atoms with Gasteiger partial charge in [-0.05, 0) is 41.6 Å². The number of hydrogen-bond donors (Lipinski definition) is 2. The van der Waals surface area contributed by atoms with Gasteiger partial charge in [-0.15, -0.1) is 0 Å². The van der Waals surface area contributed by atoms with Crippen molar-refractivity contribution in [1.82, 2.24) is 9.36 Å². The zero-order valence-corrected chi connectivity index (χ0v) is 11.1. The van der Waals surface area contributed by atoms with Crippen molar-refractivity contribution in [3.05, 3.63) is 35.4 Å². The number of aryl methyl sites for hydroxylation is 1. The Bertz CT molecular complexity index is 550. The molecular formula is C10H10BFN2O2S2. The van der Waals surface area contributed by atoms with Crippen LogP contribution in [0.25, 0.3) is 0 Å². The third kappa shape index (κ3) is 3.52. The molecule has 0 amide bonds. The fourth-order valence-corrected chi connectivity index (χ4v) is 2.97. The molecule has 2 rings (SSSR count). The Labute approximate surface area is 112 Å². The summed E-state index contributed by atoms with van der Waals surface area (Å²) >= 11 is 2.73. The third-order valence-corrected chi connectivity index (χ3v) is 4.15. The lowest BCUT2D eigenvalue weighted by molar-refractivity contribution is 0.425. The van der Waals surface area contributed by atoms with Crippen LogP contribution >= 0.6 is 23.3 Å². The van der Waals surface area contributed by atoms with E-state index >= 15 is 0 Å². The van der Waals surface area contributed by atoms with E-state index in [0.717, 1.165) is 10.4 Å². The predicted molar refractivity (Wildman–Crippen MR) is 70.4 cm³/mol. The number of benzene rings is 1. The molecule has 0 bridgehead atoms. The van der Waals surface area contributed by atoms with E-state index in [1.54, 1.807) is 6.07 Å². The van der Waals surface area contributed by atoms with Crippen molar-refractivity contribution in [2.75, 3.05) is 0 Å². The topological polar surface area (TPSA) is 66.2 Å². The first-order chi connectivity index (χ1) is 8.54. The van der Waals surface area contributed by atoms with E-state index in [1.807, 2.05) is 6.92 Å². The van der Waals surface area contributed by atoms with Crippen LogP contribution < -0.4 is 5.46 Å². The molecule has 0 aliphatic rings. The molecule has 4 nitrogen and oxygen atoms in total. The Balaban J connectivity index is 2.09. The highest BCUT2D eigenvalue weighted by Crippen LogP contribution is 2.24. The van der Waals surface area contributed by atoms with Gasteiger partial charge in [0.05, 0.1) is 0 Å². The number of hydrogen-bond acceptors (Lipinski definition) is 6. The summed E-state index contributed by atoms with van der Waals surface area (Å²) in [6, 6.07) is 4.04. The van der Waals surface area contributed by atoms with E-state index in [1.165, 1.54) is 29.4 Å². The second-order valence-electron chi connectivity index (χ2n) is 3.66. The standard InChI is InChI=1S/C10H10BFN2O2S2/c1-6-13-10(18-14-6)17-5-7-2-8(11(15)16)4-9(12)3-7/h2-4,15-16H,5H2,1H3. The monoisotopic (exact) mass is 284 g/mol. The molecule has 0 spiro atoms. The molecule has 0 aliphatic heterocycles. The van der Waals surface area contributed by atoms with Gasteiger partial charge < -0.3 is 10.0 Å². The lowest BCUT2D eigenvalue weighted by atomic mass is 9.79. The van der Waals surface area contributed by atoms with Gasteiger partial charge in [0.15, 0.2) is 4.34 Å². The third-order valence-electron chi connectivity index (χ3n) is 2.15. The van der Waals surface area contributed by atoms with E-state index < -0.39 is 12.9 Å². The van der Waals surface area contributed by atoms with E-state index in [9.17, 15) is 4.39 Å². The van der Waals surface area contributed by atoms with Crippen molar-refractivity contribution in [2.24, 2.45) is 0 Å². The highest BCUT2D eigenvalue weighted by atomic mass is 32.2. The van der Waals surface area contributed by atoms with Gasteiger partial charge in [0.2, 0.25) is 0 Å². The molecule has 0 saturated heterocycles. The second kappa shape index (κ2) is 5.79. The summed E-state index contributed by atoms with van der Waals surface area (Å²) in [5, 5.41) is 18.0. The predicted octanol–water partition coefficient (Wildman–Crippen LogP) is 0.958. The van der Waals surface area contributed by atoms with Crippen LogP contribution in [0.3, 0.4) is 0 Å². The minimum absolute atomic E-state index is 0.152. The molecule has 1 heterocycles. The fraction of sp³-hybridized carbons (Fsp3) is 0.200. The normalized spacial score (nSPS) is 10.7. The minimum atomic E-state index is -1.66. The smallest absolute Gasteiger partial charge is 0.423 e.